The molecular weight excluding hydrogens is 1110 g/mol. The molecule has 2 fully saturated rings. The van der Waals surface area contributed by atoms with Gasteiger partial charge in [-0.25, -0.2) is 19.2 Å². The fourth-order valence-corrected chi connectivity index (χ4v) is 17.6. The molecule has 15 heteroatoms. The van der Waals surface area contributed by atoms with Crippen LogP contribution >= 0.6 is 23.2 Å². The van der Waals surface area contributed by atoms with Crippen LogP contribution in [0.2, 0.25) is 18.1 Å². The Morgan fingerprint density at radius 3 is 1.70 bits per heavy atom. The second kappa shape index (κ2) is 32.0. The van der Waals surface area contributed by atoms with Gasteiger partial charge in [-0.3, -0.25) is 0 Å². The summed E-state index contributed by atoms with van der Waals surface area (Å²) in [7, 11) is -1.98. The van der Waals surface area contributed by atoms with Crippen molar-refractivity contribution >= 4 is 54.3 Å². The molecule has 4 aromatic rings. The summed E-state index contributed by atoms with van der Waals surface area (Å²) in [5.41, 5.74) is 6.11. The molecule has 0 aliphatic heterocycles. The predicted octanol–water partition coefficient (Wildman–Crippen LogP) is 15.8. The average Bonchev–Trinajstić information content (AvgIpc) is 4.20. The van der Waals surface area contributed by atoms with E-state index in [9.17, 15) is 24.3 Å². The van der Waals surface area contributed by atoms with Gasteiger partial charge in [-0.05, 0) is 207 Å². The summed E-state index contributed by atoms with van der Waals surface area (Å²) in [5, 5.41) is 11.6. The predicted molar refractivity (Wildman–Crippen MR) is 326 cm³/mol. The van der Waals surface area contributed by atoms with Crippen LogP contribution in [-0.2, 0) is 78.3 Å². The number of unbranched alkanes of at least 4 members (excludes halogenated alkanes) is 4. The van der Waals surface area contributed by atoms with E-state index in [0.29, 0.717) is 43.3 Å². The Labute approximate surface area is 504 Å². The number of benzene rings is 4. The molecule has 83 heavy (non-hydrogen) atoms. The quantitative estimate of drug-likeness (QED) is 0.0159. The molecule has 452 valence electrons. The molecule has 1 N–H and O–H groups in total. The first kappa shape index (κ1) is 64.1. The summed E-state index contributed by atoms with van der Waals surface area (Å²) in [5.74, 6) is 2.22. The van der Waals surface area contributed by atoms with Crippen LogP contribution in [0.25, 0.3) is 0 Å². The number of esters is 2. The summed E-state index contributed by atoms with van der Waals surface area (Å²) in [6.45, 7) is 9.00. The molecule has 4 aromatic carbocycles. The average molecular weight is 1200 g/mol. The van der Waals surface area contributed by atoms with Crippen LogP contribution in [0.1, 0.15) is 157 Å². The molecule has 0 saturated heterocycles. The Bertz CT molecular complexity index is 2700. The lowest BCUT2D eigenvalue weighted by Crippen LogP contribution is -2.42. The highest BCUT2D eigenvalue weighted by atomic mass is 35.5. The van der Waals surface area contributed by atoms with E-state index in [0.717, 1.165) is 142 Å². The van der Waals surface area contributed by atoms with Crippen LogP contribution in [0.4, 0.5) is 9.59 Å². The van der Waals surface area contributed by atoms with Crippen molar-refractivity contribution in [3.8, 4) is 11.5 Å². The number of halogens is 2. The van der Waals surface area contributed by atoms with Crippen molar-refractivity contribution in [1.82, 2.24) is 0 Å². The first-order valence-electron chi connectivity index (χ1n) is 31.2. The first-order valence-corrected chi connectivity index (χ1v) is 34.5. The molecular formula is C68H90Cl2O12Si. The van der Waals surface area contributed by atoms with Gasteiger partial charge in [-0.2, -0.15) is 0 Å². The lowest BCUT2D eigenvalue weighted by molar-refractivity contribution is -0.148. The Hall–Kier alpha value is -4.92. The van der Waals surface area contributed by atoms with E-state index in [1.165, 1.54) is 16.7 Å². The highest BCUT2D eigenvalue weighted by Crippen LogP contribution is 2.52. The highest BCUT2D eigenvalue weighted by molar-refractivity contribution is 6.73. The van der Waals surface area contributed by atoms with E-state index in [4.69, 9.17) is 56.0 Å². The lowest BCUT2D eigenvalue weighted by Gasteiger charge is -2.36. The molecule has 4 aliphatic carbocycles. The van der Waals surface area contributed by atoms with Crippen LogP contribution in [0.3, 0.4) is 0 Å². The number of aryl methyl sites for hydroxylation is 1. The van der Waals surface area contributed by atoms with Gasteiger partial charge in [0.1, 0.15) is 36.9 Å². The third kappa shape index (κ3) is 18.3. The number of aliphatic hydroxyl groups excluding tert-OH is 1. The molecule has 0 heterocycles. The summed E-state index contributed by atoms with van der Waals surface area (Å²) in [4.78, 5) is 50.3. The van der Waals surface area contributed by atoms with E-state index in [-0.39, 0.29) is 68.4 Å². The summed E-state index contributed by atoms with van der Waals surface area (Å²) in [6.07, 6.45) is 14.9. The largest absolute Gasteiger partial charge is 0.482 e. The molecule has 0 bridgehead atoms. The standard InChI is InChI=1S/C68H90Cl2O12Si/c1-5-9-13-27-53(80-67(69)74)30-32-55-57-37-50-34-48(35-63(60(50)38-51(57)40-61(55)71)77-45-66(73)79-43-47-23-16-11-17-24-47)25-18-12-19-28-54(81-68(70)75)31-33-56-58-36-49-26-20-29-62(76-44-65(72)78-42-46-21-14-10-15-22-46)59(49)39-52(58)41-64(56)82-83(6-2,7-3)8-4/h10-11,14-17,20-24,26,29,34-35,51-58,61,64,71H,5-9,12-13,18-19,25,27-28,30-33,36-45H2,1-4H3/t51-,52-,53-,54-,55+,56+,57-,58-,61+,64?/m0/s1. The molecule has 10 atom stereocenters. The van der Waals surface area contributed by atoms with Gasteiger partial charge in [0.15, 0.2) is 21.5 Å². The maximum absolute atomic E-state index is 13.1. The van der Waals surface area contributed by atoms with Gasteiger partial charge in [0, 0.05) is 29.3 Å². The fourth-order valence-electron chi connectivity index (χ4n) is 14.5. The van der Waals surface area contributed by atoms with Crippen molar-refractivity contribution in [2.45, 2.75) is 205 Å². The number of rotatable bonds is 33. The minimum absolute atomic E-state index is 0.0589. The minimum Gasteiger partial charge on any atom is -0.482 e. The first-order chi connectivity index (χ1) is 40.3. The van der Waals surface area contributed by atoms with Crippen molar-refractivity contribution in [3.63, 3.8) is 0 Å². The minimum atomic E-state index is -1.98. The van der Waals surface area contributed by atoms with Gasteiger partial charge < -0.3 is 38.0 Å². The van der Waals surface area contributed by atoms with Crippen molar-refractivity contribution in [2.24, 2.45) is 35.5 Å². The van der Waals surface area contributed by atoms with Crippen molar-refractivity contribution in [2.75, 3.05) is 13.2 Å². The van der Waals surface area contributed by atoms with E-state index in [1.54, 1.807) is 0 Å². The van der Waals surface area contributed by atoms with Crippen molar-refractivity contribution in [1.29, 1.82) is 0 Å². The molecule has 0 aromatic heterocycles. The van der Waals surface area contributed by atoms with E-state index in [2.05, 4.69) is 45.9 Å². The second-order valence-corrected chi connectivity index (χ2v) is 29.5. The van der Waals surface area contributed by atoms with Crippen LogP contribution in [0.5, 0.6) is 11.5 Å². The number of ether oxygens (including phenoxy) is 6. The maximum Gasteiger partial charge on any atom is 0.404 e. The molecule has 2 saturated carbocycles. The molecule has 12 nitrogen and oxygen atoms in total. The Kier molecular flexibility index (Phi) is 24.7. The van der Waals surface area contributed by atoms with Gasteiger partial charge in [0.05, 0.1) is 6.10 Å². The normalized spacial score (nSPS) is 22.3. The smallest absolute Gasteiger partial charge is 0.404 e. The van der Waals surface area contributed by atoms with Gasteiger partial charge in [0.25, 0.3) is 0 Å². The lowest BCUT2D eigenvalue weighted by atomic mass is 9.73. The van der Waals surface area contributed by atoms with Gasteiger partial charge in [-0.15, -0.1) is 0 Å². The Balaban J connectivity index is 0.906. The third-order valence-corrected chi connectivity index (χ3v) is 23.9. The van der Waals surface area contributed by atoms with Crippen molar-refractivity contribution < 1.29 is 57.1 Å². The summed E-state index contributed by atoms with van der Waals surface area (Å²) < 4.78 is 42.6. The monoisotopic (exact) mass is 1200 g/mol. The maximum atomic E-state index is 13.1. The summed E-state index contributed by atoms with van der Waals surface area (Å²) >= 11 is 11.7. The number of fused-ring (bicyclic) bond motifs is 4. The Morgan fingerprint density at radius 2 is 1.11 bits per heavy atom. The van der Waals surface area contributed by atoms with Gasteiger partial charge in [-0.1, -0.05) is 126 Å². The zero-order valence-corrected chi connectivity index (χ0v) is 52.0. The number of hydrogen-bond donors (Lipinski definition) is 1. The molecule has 8 rings (SSSR count). The molecule has 0 radical (unpaired) electrons. The van der Waals surface area contributed by atoms with E-state index < -0.39 is 37.2 Å². The Morgan fingerprint density at radius 1 is 0.566 bits per heavy atom. The van der Waals surface area contributed by atoms with Crippen molar-refractivity contribution in [3.05, 3.63) is 130 Å². The highest BCUT2D eigenvalue weighted by Gasteiger charge is 2.49. The van der Waals surface area contributed by atoms with E-state index >= 15 is 0 Å². The number of aliphatic hydroxyl groups is 1. The van der Waals surface area contributed by atoms with E-state index in [1.807, 2.05) is 72.8 Å². The zero-order valence-electron chi connectivity index (χ0n) is 49.5. The van der Waals surface area contributed by atoms with Crippen LogP contribution in [0.15, 0.2) is 91.0 Å². The topological polar surface area (TPSA) is 153 Å². The van der Waals surface area contributed by atoms with Crippen LogP contribution in [-0.4, -0.2) is 73.8 Å². The number of carbonyl (C=O) groups is 4. The molecule has 0 spiro atoms. The second-order valence-electron chi connectivity index (χ2n) is 24.1. The number of hydrogen-bond acceptors (Lipinski definition) is 12. The molecule has 4 aliphatic rings. The molecule has 1 unspecified atom stereocenters. The van der Waals surface area contributed by atoms with Gasteiger partial charge >= 0.3 is 22.8 Å². The van der Waals surface area contributed by atoms with Gasteiger partial charge in [0.2, 0.25) is 0 Å². The molecule has 0 amide bonds. The van der Waals surface area contributed by atoms with Crippen LogP contribution < -0.4 is 9.47 Å². The summed E-state index contributed by atoms with van der Waals surface area (Å²) in [6, 6.07) is 33.0. The number of carbonyl (C=O) groups excluding carboxylic acids is 4. The zero-order chi connectivity index (χ0) is 58.7. The third-order valence-electron chi connectivity index (χ3n) is 19.1. The fraction of sp³-hybridized carbons (Fsp3) is 0.588. The van der Waals surface area contributed by atoms with Crippen LogP contribution in [0, 0.1) is 35.5 Å². The SMILES string of the molecule is CCCCC[C@@H](CC[C@@H]1[C@H]2Cc3cc(CCCCC[C@@H](CC[C@H]4C(O[Si](CC)(CC)CC)C[C@@H]5Cc6c(cccc6OCC(=O)OCc6ccccc6)C[C@@H]54)OC(=O)Cl)cc(OCC(=O)OCc4ccccc4)c3C[C@H]2C[C@H]1O)OC(=O)Cl.